The highest BCUT2D eigenvalue weighted by Crippen LogP contribution is 2.23. The molecule has 1 unspecified atom stereocenters. The van der Waals surface area contributed by atoms with Crippen molar-refractivity contribution in [2.45, 2.75) is 0 Å². The van der Waals surface area contributed by atoms with Crippen LogP contribution in [0.3, 0.4) is 0 Å². The average molecular weight is 191 g/mol. The molecule has 0 rings (SSSR count). The fourth-order valence-corrected chi connectivity index (χ4v) is 0. The van der Waals surface area contributed by atoms with Crippen molar-refractivity contribution in [3.05, 3.63) is 0 Å². The Morgan fingerprint density at radius 2 is 2.00 bits per heavy atom. The lowest BCUT2D eigenvalue weighted by molar-refractivity contribution is 0.650. The molecular formula is H3INOP. The van der Waals surface area contributed by atoms with Gasteiger partial charge in [-0.15, -0.1) is 0 Å². The van der Waals surface area contributed by atoms with Gasteiger partial charge in [-0.3, -0.25) is 5.16 Å². The first-order valence-electron chi connectivity index (χ1n) is 0.663. The minimum absolute atomic E-state index is 1.66. The summed E-state index contributed by atoms with van der Waals surface area (Å²) in [5.41, 5.74) is -1.66. The number of hydrogen-bond donors (Lipinski definition) is 2. The molecule has 0 aliphatic rings. The largest absolute Gasteiger partial charge is 0.354 e. The lowest BCUT2D eigenvalue weighted by Gasteiger charge is -1.64. The topological polar surface area (TPSA) is 44.1 Å². The fourth-order valence-electron chi connectivity index (χ4n) is 0. The Morgan fingerprint density at radius 1 is 2.00 bits per heavy atom. The van der Waals surface area contributed by atoms with Crippen molar-refractivity contribution in [2.24, 2.45) is 0 Å². The van der Waals surface area contributed by atoms with Gasteiger partial charge in [0.15, 0.2) is 0 Å². The first-order chi connectivity index (χ1) is 1.73. The second kappa shape index (κ2) is 2.18. The van der Waals surface area contributed by atoms with E-state index in [2.05, 4.69) is 0 Å². The van der Waals surface area contributed by atoms with Crippen molar-refractivity contribution in [3.8, 4) is 0 Å². The molecule has 4 heavy (non-hydrogen) atoms. The van der Waals surface area contributed by atoms with Crippen molar-refractivity contribution in [2.75, 3.05) is 0 Å². The molecule has 0 saturated heterocycles. The summed E-state index contributed by atoms with van der Waals surface area (Å²) < 4.78 is 0. The quantitative estimate of drug-likeness (QED) is 0.438. The number of hydrogen-bond acceptors (Lipinski definition) is 1. The van der Waals surface area contributed by atoms with Gasteiger partial charge in [-0.05, 0) is 22.0 Å². The molecule has 2 nitrogen and oxygen atoms in total. The zero-order chi connectivity index (χ0) is 3.58. The lowest BCUT2D eigenvalue weighted by atomic mass is 14.0. The van der Waals surface area contributed by atoms with E-state index in [0.29, 0.717) is 0 Å². The Kier molecular flexibility index (Phi) is 2.68. The maximum absolute atomic E-state index is 7.81. The molecule has 0 aliphatic carbocycles. The second-order valence-corrected chi connectivity index (χ2v) is 3.94. The van der Waals surface area contributed by atoms with Crippen LogP contribution >= 0.6 is 27.6 Å². The third kappa shape index (κ3) is 12.7. The van der Waals surface area contributed by atoms with Crippen LogP contribution in [0.15, 0.2) is 0 Å². The van der Waals surface area contributed by atoms with E-state index in [-0.39, 0.29) is 0 Å². The van der Waals surface area contributed by atoms with Gasteiger partial charge in [0.1, 0.15) is 5.58 Å². The number of rotatable bonds is 0. The zero-order valence-corrected chi connectivity index (χ0v) is 4.98. The minimum atomic E-state index is -1.66. The van der Waals surface area contributed by atoms with E-state index in [9.17, 15) is 0 Å². The van der Waals surface area contributed by atoms with Crippen LogP contribution in [-0.4, -0.2) is 4.89 Å². The summed E-state index contributed by atoms with van der Waals surface area (Å²) in [6.45, 7) is 0. The smallest absolute Gasteiger partial charge is 0.125 e. The molecule has 0 heterocycles. The second-order valence-electron chi connectivity index (χ2n) is 0.291. The summed E-state index contributed by atoms with van der Waals surface area (Å²) >= 11 is 1.67. The molecule has 0 aliphatic heterocycles. The normalized spacial score (nSPS) is 15.5. The Balaban J connectivity index is 2.80. The summed E-state index contributed by atoms with van der Waals surface area (Å²) in [7, 11) is 0. The first kappa shape index (κ1) is 4.92. The van der Waals surface area contributed by atoms with Gasteiger partial charge in [-0.25, -0.2) is 0 Å². The first-order valence-corrected chi connectivity index (χ1v) is 5.22. The highest BCUT2D eigenvalue weighted by molar-refractivity contribution is 14.2. The summed E-state index contributed by atoms with van der Waals surface area (Å²) in [6, 6.07) is 0. The van der Waals surface area contributed by atoms with Crippen molar-refractivity contribution >= 4 is 27.6 Å². The van der Waals surface area contributed by atoms with Gasteiger partial charge in [-0.2, -0.15) is 0 Å². The van der Waals surface area contributed by atoms with Gasteiger partial charge in [0, 0.05) is 0 Å². The Bertz CT molecular complexity index is 31.0. The molecular weight excluding hydrogens is 188 g/mol. The predicted octanol–water partition coefficient (Wildman–Crippen LogP) is 1.22. The van der Waals surface area contributed by atoms with Gasteiger partial charge in [0.2, 0.25) is 0 Å². The van der Waals surface area contributed by atoms with Gasteiger partial charge in [0.05, 0.1) is 0 Å². The van der Waals surface area contributed by atoms with Crippen LogP contribution in [-0.2, 0) is 0 Å². The van der Waals surface area contributed by atoms with Crippen LogP contribution in [0.25, 0.3) is 0 Å². The molecule has 0 aromatic rings. The molecule has 0 aromatic carbocycles. The van der Waals surface area contributed by atoms with E-state index in [1.165, 1.54) is 0 Å². The summed E-state index contributed by atoms with van der Waals surface area (Å²) in [6.07, 6.45) is 0. The molecule has 1 atom stereocenters. The molecule has 0 fully saturated rings. The molecule has 0 saturated carbocycles. The van der Waals surface area contributed by atoms with Crippen molar-refractivity contribution in [3.63, 3.8) is 0 Å². The maximum Gasteiger partial charge on any atom is 0.125 e. The number of halogens is 1. The highest BCUT2D eigenvalue weighted by Gasteiger charge is 1.56. The molecule has 0 bridgehead atoms. The zero-order valence-electron chi connectivity index (χ0n) is 1.83. The predicted molar refractivity (Wildman–Crippen MR) is 27.3 cm³/mol. The Hall–Kier alpha value is 0.920. The van der Waals surface area contributed by atoms with Crippen molar-refractivity contribution in [1.82, 2.24) is 0 Å². The summed E-state index contributed by atoms with van der Waals surface area (Å²) in [5.74, 6) is 0. The van der Waals surface area contributed by atoms with Crippen LogP contribution in [0.4, 0.5) is 0 Å². The maximum atomic E-state index is 7.81. The Labute approximate surface area is 38.1 Å². The van der Waals surface area contributed by atoms with E-state index in [1.807, 2.05) is 0 Å². The van der Waals surface area contributed by atoms with Crippen LogP contribution in [0.1, 0.15) is 0 Å². The molecule has 0 spiro atoms. The van der Waals surface area contributed by atoms with Crippen LogP contribution in [0, 0.1) is 5.16 Å². The Morgan fingerprint density at radius 3 is 2.00 bits per heavy atom. The third-order valence-corrected chi connectivity index (χ3v) is 0. The summed E-state index contributed by atoms with van der Waals surface area (Å²) in [5, 5.41) is 6.23. The lowest BCUT2D eigenvalue weighted by Crippen LogP contribution is -1.17. The van der Waals surface area contributed by atoms with E-state index in [1.54, 1.807) is 22.0 Å². The standard InChI is InChI=1S/H3INOP/c1-4(2)3/h4H,(H2,2,3). The minimum Gasteiger partial charge on any atom is -0.354 e. The van der Waals surface area contributed by atoms with Crippen molar-refractivity contribution in [1.29, 1.82) is 5.16 Å². The van der Waals surface area contributed by atoms with Gasteiger partial charge in [-0.1, -0.05) is 0 Å². The van der Waals surface area contributed by atoms with E-state index in [4.69, 9.17) is 10.1 Å². The van der Waals surface area contributed by atoms with Crippen LogP contribution < -0.4 is 0 Å². The number of nitrogens with one attached hydrogen (secondary N) is 1. The molecule has 26 valence electrons. The highest BCUT2D eigenvalue weighted by atomic mass is 127. The third-order valence-electron chi connectivity index (χ3n) is 0. The van der Waals surface area contributed by atoms with Crippen LogP contribution in [0.5, 0.6) is 0 Å². The fraction of sp³-hybridized carbons (Fsp3) is 0. The van der Waals surface area contributed by atoms with E-state index >= 15 is 0 Å². The molecule has 0 amide bonds. The van der Waals surface area contributed by atoms with Gasteiger partial charge >= 0.3 is 0 Å². The summed E-state index contributed by atoms with van der Waals surface area (Å²) in [4.78, 5) is 7.81. The molecule has 0 aromatic heterocycles. The van der Waals surface area contributed by atoms with Gasteiger partial charge < -0.3 is 4.89 Å². The van der Waals surface area contributed by atoms with E-state index < -0.39 is 5.58 Å². The molecule has 4 heteroatoms. The SMILES string of the molecule is N=[PH](O)I. The van der Waals surface area contributed by atoms with Gasteiger partial charge in [0.25, 0.3) is 0 Å². The molecule has 2 N–H and O–H groups in total. The van der Waals surface area contributed by atoms with E-state index in [0.717, 1.165) is 0 Å². The molecule has 0 radical (unpaired) electrons. The average Bonchev–Trinajstić information content (AvgIpc) is 0.811. The monoisotopic (exact) mass is 191 g/mol. The van der Waals surface area contributed by atoms with Crippen LogP contribution in [0.2, 0.25) is 0 Å². The van der Waals surface area contributed by atoms with Crippen molar-refractivity contribution < 1.29 is 4.89 Å².